The molecule has 1 rings (SSSR count). The molecule has 2 atom stereocenters. The van der Waals surface area contributed by atoms with E-state index in [-0.39, 0.29) is 17.1 Å². The summed E-state index contributed by atoms with van der Waals surface area (Å²) in [5.41, 5.74) is 0.818. The Hall–Kier alpha value is -2.00. The van der Waals surface area contributed by atoms with Gasteiger partial charge in [0.25, 0.3) is 0 Å². The number of carbonyl (C=O) groups excluding carboxylic acids is 1. The van der Waals surface area contributed by atoms with Crippen molar-refractivity contribution in [2.24, 2.45) is 4.36 Å². The van der Waals surface area contributed by atoms with Gasteiger partial charge in [-0.15, -0.1) is 0 Å². The van der Waals surface area contributed by atoms with Crippen molar-refractivity contribution in [3.05, 3.63) is 29.8 Å². The maximum Gasteiger partial charge on any atom is 0.311 e. The van der Waals surface area contributed by atoms with Crippen LogP contribution in [-0.4, -0.2) is 39.1 Å². The lowest BCUT2D eigenvalue weighted by molar-refractivity contribution is -0.121. The van der Waals surface area contributed by atoms with Crippen molar-refractivity contribution in [2.75, 3.05) is 13.7 Å². The maximum atomic E-state index is 12.9. The molecular weight excluding hydrogens is 410 g/mol. The Morgan fingerprint density at radius 3 is 2.38 bits per heavy atom. The van der Waals surface area contributed by atoms with Crippen LogP contribution in [0.2, 0.25) is 0 Å². The Bertz CT molecular complexity index is 771. The number of hydrogen-bond acceptors (Lipinski definition) is 6. The van der Waals surface area contributed by atoms with Gasteiger partial charge in [0.2, 0.25) is 5.91 Å². The van der Waals surface area contributed by atoms with Crippen LogP contribution in [0.3, 0.4) is 0 Å². The minimum Gasteiger partial charge on any atom is -0.497 e. The van der Waals surface area contributed by atoms with E-state index in [0.29, 0.717) is 31.6 Å². The quantitative estimate of drug-likeness (QED) is 0.380. The molecule has 29 heavy (non-hydrogen) atoms. The molecule has 0 spiro atoms. The number of carbonyl (C=O) groups is 1. The number of ether oxygens (including phenoxy) is 1. The molecule has 0 heterocycles. The number of thiocarbonyl (C=S) groups is 1. The van der Waals surface area contributed by atoms with E-state index in [1.54, 1.807) is 19.2 Å². The average Bonchev–Trinajstić information content (AvgIpc) is 2.68. The van der Waals surface area contributed by atoms with Gasteiger partial charge in [0, 0.05) is 6.54 Å². The fourth-order valence-electron chi connectivity index (χ4n) is 3.05. The van der Waals surface area contributed by atoms with Gasteiger partial charge in [0.15, 0.2) is 5.11 Å². The molecule has 0 radical (unpaired) electrons. The molecule has 162 valence electrons. The van der Waals surface area contributed by atoms with Crippen molar-refractivity contribution >= 4 is 33.7 Å². The summed E-state index contributed by atoms with van der Waals surface area (Å²) in [5, 5.41) is 5.91. The Kier molecular flexibility index (Phi) is 12.1. The van der Waals surface area contributed by atoms with E-state index in [1.807, 2.05) is 19.1 Å². The minimum atomic E-state index is -2.46. The molecule has 0 aliphatic rings. The van der Waals surface area contributed by atoms with Gasteiger partial charge in [-0.25, -0.2) is 0 Å². The topological polar surface area (TPSA) is 96.9 Å². The summed E-state index contributed by atoms with van der Waals surface area (Å²) in [5.74, 6) is 0.00316. The summed E-state index contributed by atoms with van der Waals surface area (Å²) >= 11 is 5.14. The number of methoxy groups -OCH3 is 1. The Morgan fingerprint density at radius 2 is 1.83 bits per heavy atom. The summed E-state index contributed by atoms with van der Waals surface area (Å²) in [6, 6.07) is 6.96. The lowest BCUT2D eigenvalue weighted by atomic mass is 9.90. The van der Waals surface area contributed by atoms with Gasteiger partial charge in [0.05, 0.1) is 19.1 Å². The predicted molar refractivity (Wildman–Crippen MR) is 119 cm³/mol. The Labute approximate surface area is 180 Å². The number of unbranched alkanes of at least 4 members (excludes halogenated alkanes) is 2. The zero-order chi connectivity index (χ0) is 21.6. The van der Waals surface area contributed by atoms with Gasteiger partial charge in [-0.1, -0.05) is 38.3 Å². The first kappa shape index (κ1) is 25.0. The molecule has 0 fully saturated rings. The fraction of sp³-hybridized carbons (Fsp3) is 0.600. The third-order valence-corrected chi connectivity index (χ3v) is 5.29. The Morgan fingerprint density at radius 1 is 1.14 bits per heavy atom. The number of amides is 1. The number of nitrogens with one attached hydrogen (secondary N) is 2. The highest BCUT2D eigenvalue weighted by atomic mass is 32.2. The summed E-state index contributed by atoms with van der Waals surface area (Å²) in [6.07, 6.45) is 4.63. The third-order valence-electron chi connectivity index (χ3n) is 4.57. The normalized spacial score (nSPS) is 12.5. The van der Waals surface area contributed by atoms with Gasteiger partial charge in [-0.3, -0.25) is 4.79 Å². The molecule has 0 aromatic heterocycles. The molecular formula is C20H31N3O4S2. The maximum absolute atomic E-state index is 12.9. The molecule has 2 unspecified atom stereocenters. The fourth-order valence-corrected chi connectivity index (χ4v) is 3.75. The van der Waals surface area contributed by atoms with Crippen molar-refractivity contribution in [1.82, 2.24) is 10.6 Å². The zero-order valence-corrected chi connectivity index (χ0v) is 18.9. The van der Waals surface area contributed by atoms with Crippen LogP contribution >= 0.6 is 12.2 Å². The first-order chi connectivity index (χ1) is 13.9. The molecule has 0 saturated heterocycles. The smallest absolute Gasteiger partial charge is 0.311 e. The standard InChI is InChI=1S/C20H31N3O4S2/c1-4-6-7-8-16(23-29(25)26)11-14-18(19(24)22-20(28)21-5-2)15-9-12-17(27-3)13-10-15/h9-10,12-13,16,18H,4-8,11,14H2,1-3H3,(H2,21,22,24,28). The second kappa shape index (κ2) is 14.1. The highest BCUT2D eigenvalue weighted by Gasteiger charge is 2.23. The van der Waals surface area contributed by atoms with Crippen LogP contribution < -0.4 is 15.4 Å². The summed E-state index contributed by atoms with van der Waals surface area (Å²) in [6.45, 7) is 4.60. The summed E-state index contributed by atoms with van der Waals surface area (Å²) < 4.78 is 31.2. The van der Waals surface area contributed by atoms with E-state index in [2.05, 4.69) is 21.9 Å². The van der Waals surface area contributed by atoms with Crippen LogP contribution in [-0.2, 0) is 15.3 Å². The molecule has 0 saturated carbocycles. The van der Waals surface area contributed by atoms with E-state index in [9.17, 15) is 13.2 Å². The Balaban J connectivity index is 2.97. The number of nitrogens with zero attached hydrogens (tertiary/aromatic N) is 1. The molecule has 0 bridgehead atoms. The average molecular weight is 442 g/mol. The van der Waals surface area contributed by atoms with Crippen LogP contribution in [0.15, 0.2) is 28.6 Å². The summed E-state index contributed by atoms with van der Waals surface area (Å²) in [4.78, 5) is 12.9. The molecule has 2 N–H and O–H groups in total. The second-order valence-electron chi connectivity index (χ2n) is 6.72. The highest BCUT2D eigenvalue weighted by Crippen LogP contribution is 2.26. The van der Waals surface area contributed by atoms with Gasteiger partial charge >= 0.3 is 10.5 Å². The van der Waals surface area contributed by atoms with Crippen molar-refractivity contribution in [1.29, 1.82) is 0 Å². The van der Waals surface area contributed by atoms with Crippen molar-refractivity contribution < 1.29 is 17.9 Å². The van der Waals surface area contributed by atoms with Gasteiger partial charge in [0.1, 0.15) is 5.75 Å². The van der Waals surface area contributed by atoms with Crippen molar-refractivity contribution in [3.63, 3.8) is 0 Å². The molecule has 0 aliphatic heterocycles. The summed E-state index contributed by atoms with van der Waals surface area (Å²) in [7, 11) is -0.877. The van der Waals surface area contributed by atoms with Gasteiger partial charge in [-0.05, 0) is 56.1 Å². The SMILES string of the molecule is CCCCCC(CCC(C(=O)NC(=S)NCC)c1ccc(OC)cc1)N=S(=O)=O. The monoisotopic (exact) mass is 441 g/mol. The molecule has 7 nitrogen and oxygen atoms in total. The van der Waals surface area contributed by atoms with E-state index in [0.717, 1.165) is 24.8 Å². The number of hydrogen-bond donors (Lipinski definition) is 2. The van der Waals surface area contributed by atoms with E-state index in [4.69, 9.17) is 17.0 Å². The van der Waals surface area contributed by atoms with Crippen molar-refractivity contribution in [2.45, 2.75) is 64.3 Å². The minimum absolute atomic E-state index is 0.225. The van der Waals surface area contributed by atoms with Crippen LogP contribution in [0.5, 0.6) is 5.75 Å². The predicted octanol–water partition coefficient (Wildman–Crippen LogP) is 3.58. The molecule has 0 aliphatic carbocycles. The zero-order valence-electron chi connectivity index (χ0n) is 17.3. The van der Waals surface area contributed by atoms with Crippen LogP contribution in [0.25, 0.3) is 0 Å². The molecule has 1 aromatic rings. The first-order valence-corrected chi connectivity index (χ1v) is 11.4. The van der Waals surface area contributed by atoms with Crippen LogP contribution in [0, 0.1) is 0 Å². The largest absolute Gasteiger partial charge is 0.497 e. The van der Waals surface area contributed by atoms with E-state index >= 15 is 0 Å². The lowest BCUT2D eigenvalue weighted by Gasteiger charge is -2.20. The first-order valence-electron chi connectivity index (χ1n) is 9.94. The second-order valence-corrected chi connectivity index (χ2v) is 7.78. The van der Waals surface area contributed by atoms with Gasteiger partial charge < -0.3 is 15.4 Å². The number of benzene rings is 1. The van der Waals surface area contributed by atoms with Gasteiger partial charge in [-0.2, -0.15) is 12.8 Å². The molecule has 1 aromatic carbocycles. The van der Waals surface area contributed by atoms with E-state index < -0.39 is 16.4 Å². The van der Waals surface area contributed by atoms with E-state index in [1.165, 1.54) is 0 Å². The highest BCUT2D eigenvalue weighted by molar-refractivity contribution is 7.80. The molecule has 9 heteroatoms. The third kappa shape index (κ3) is 9.85. The molecule has 1 amide bonds. The van der Waals surface area contributed by atoms with Crippen LogP contribution in [0.4, 0.5) is 0 Å². The lowest BCUT2D eigenvalue weighted by Crippen LogP contribution is -2.41. The number of rotatable bonds is 12. The van der Waals surface area contributed by atoms with Crippen molar-refractivity contribution in [3.8, 4) is 5.75 Å². The van der Waals surface area contributed by atoms with Crippen LogP contribution in [0.1, 0.15) is 63.9 Å².